The summed E-state index contributed by atoms with van der Waals surface area (Å²) in [5.74, 6) is -0.683. The SMILES string of the molecule is CCN(CC)c1ccc(C2/C(=C(/O)c3ccc(OC)c(OC)c3)C(=O)C(=O)N2CC2CCCO2)cc1. The maximum atomic E-state index is 13.3. The first-order chi connectivity index (χ1) is 17.4. The predicted molar refractivity (Wildman–Crippen MR) is 138 cm³/mol. The molecule has 0 radical (unpaired) electrons. The summed E-state index contributed by atoms with van der Waals surface area (Å²) < 4.78 is 16.4. The van der Waals surface area contributed by atoms with E-state index in [-0.39, 0.29) is 24.0 Å². The van der Waals surface area contributed by atoms with Gasteiger partial charge in [-0.1, -0.05) is 12.1 Å². The van der Waals surface area contributed by atoms with Crippen molar-refractivity contribution in [2.24, 2.45) is 0 Å². The van der Waals surface area contributed by atoms with E-state index in [9.17, 15) is 14.7 Å². The molecule has 2 heterocycles. The highest BCUT2D eigenvalue weighted by atomic mass is 16.5. The lowest BCUT2D eigenvalue weighted by Gasteiger charge is -2.28. The first-order valence-corrected chi connectivity index (χ1v) is 12.4. The number of hydrogen-bond donors (Lipinski definition) is 1. The van der Waals surface area contributed by atoms with Crippen molar-refractivity contribution in [3.63, 3.8) is 0 Å². The van der Waals surface area contributed by atoms with Gasteiger partial charge in [0.1, 0.15) is 5.76 Å². The van der Waals surface area contributed by atoms with Crippen molar-refractivity contribution in [3.8, 4) is 11.5 Å². The van der Waals surface area contributed by atoms with Crippen LogP contribution in [0.1, 0.15) is 43.9 Å². The number of methoxy groups -OCH3 is 2. The minimum Gasteiger partial charge on any atom is -0.507 e. The van der Waals surface area contributed by atoms with E-state index in [0.29, 0.717) is 23.7 Å². The standard InChI is InChI=1S/C28H34N2O6/c1-5-29(6-2)20-12-9-18(10-13-20)25-24(26(31)19-11-14-22(34-3)23(16-19)35-4)27(32)28(33)30(25)17-21-8-7-15-36-21/h9-14,16,21,25,31H,5-8,15,17H2,1-4H3/b26-24-. The fourth-order valence-electron chi connectivity index (χ4n) is 5.02. The van der Waals surface area contributed by atoms with E-state index in [1.165, 1.54) is 19.1 Å². The number of ether oxygens (including phenoxy) is 3. The second kappa shape index (κ2) is 11.0. The second-order valence-corrected chi connectivity index (χ2v) is 8.92. The molecule has 2 saturated heterocycles. The zero-order valence-electron chi connectivity index (χ0n) is 21.3. The summed E-state index contributed by atoms with van der Waals surface area (Å²) in [5, 5.41) is 11.4. The molecule has 2 aromatic rings. The number of anilines is 1. The molecule has 0 saturated carbocycles. The van der Waals surface area contributed by atoms with Crippen LogP contribution in [0.4, 0.5) is 5.69 Å². The van der Waals surface area contributed by atoms with E-state index < -0.39 is 17.7 Å². The van der Waals surface area contributed by atoms with Crippen LogP contribution in [-0.2, 0) is 14.3 Å². The lowest BCUT2D eigenvalue weighted by Crippen LogP contribution is -2.36. The van der Waals surface area contributed by atoms with Gasteiger partial charge < -0.3 is 29.1 Å². The highest BCUT2D eigenvalue weighted by molar-refractivity contribution is 6.46. The van der Waals surface area contributed by atoms with E-state index in [0.717, 1.165) is 37.2 Å². The Bertz CT molecular complexity index is 1130. The van der Waals surface area contributed by atoms with Crippen LogP contribution < -0.4 is 14.4 Å². The molecule has 2 unspecified atom stereocenters. The Hall–Kier alpha value is -3.52. The molecule has 2 atom stereocenters. The molecule has 2 fully saturated rings. The molecule has 8 heteroatoms. The number of aliphatic hydroxyl groups excluding tert-OH is 1. The fourth-order valence-corrected chi connectivity index (χ4v) is 5.02. The number of hydrogen-bond acceptors (Lipinski definition) is 7. The summed E-state index contributed by atoms with van der Waals surface area (Å²) in [5.41, 5.74) is 2.23. The van der Waals surface area contributed by atoms with E-state index in [2.05, 4.69) is 18.7 Å². The minimum absolute atomic E-state index is 0.0563. The minimum atomic E-state index is -0.729. The Labute approximate surface area is 212 Å². The Kier molecular flexibility index (Phi) is 7.84. The predicted octanol–water partition coefficient (Wildman–Crippen LogP) is 4.15. The summed E-state index contributed by atoms with van der Waals surface area (Å²) in [6, 6.07) is 12.0. The molecule has 0 spiro atoms. The van der Waals surface area contributed by atoms with Crippen molar-refractivity contribution < 1.29 is 28.9 Å². The quantitative estimate of drug-likeness (QED) is 0.318. The Morgan fingerprint density at radius 3 is 2.33 bits per heavy atom. The van der Waals surface area contributed by atoms with Crippen LogP contribution in [0.2, 0.25) is 0 Å². The first kappa shape index (κ1) is 25.6. The largest absolute Gasteiger partial charge is 0.507 e. The molecule has 0 bridgehead atoms. The van der Waals surface area contributed by atoms with Crippen LogP contribution in [0.15, 0.2) is 48.0 Å². The summed E-state index contributed by atoms with van der Waals surface area (Å²) in [6.07, 6.45) is 1.61. The molecule has 1 amide bonds. The van der Waals surface area contributed by atoms with Crippen LogP contribution >= 0.6 is 0 Å². The van der Waals surface area contributed by atoms with Crippen LogP contribution in [0, 0.1) is 0 Å². The molecule has 2 aromatic carbocycles. The van der Waals surface area contributed by atoms with E-state index in [4.69, 9.17) is 14.2 Å². The van der Waals surface area contributed by atoms with E-state index in [1.807, 2.05) is 24.3 Å². The van der Waals surface area contributed by atoms with Gasteiger partial charge in [0.15, 0.2) is 11.5 Å². The van der Waals surface area contributed by atoms with Gasteiger partial charge in [0.25, 0.3) is 11.7 Å². The number of Topliss-reactive ketones (excluding diaryl/α,β-unsaturated/α-hetero) is 1. The van der Waals surface area contributed by atoms with Gasteiger partial charge in [-0.2, -0.15) is 0 Å². The third-order valence-electron chi connectivity index (χ3n) is 6.96. The number of ketones is 1. The summed E-state index contributed by atoms with van der Waals surface area (Å²) in [6.45, 7) is 6.85. The van der Waals surface area contributed by atoms with Gasteiger partial charge in [0.2, 0.25) is 0 Å². The zero-order valence-corrected chi connectivity index (χ0v) is 21.3. The molecule has 2 aliphatic heterocycles. The normalized spacial score (nSPS) is 21.2. The number of nitrogens with zero attached hydrogens (tertiary/aromatic N) is 2. The molecule has 0 aromatic heterocycles. The van der Waals surface area contributed by atoms with Crippen molar-refractivity contribution in [1.29, 1.82) is 0 Å². The zero-order chi connectivity index (χ0) is 25.8. The average molecular weight is 495 g/mol. The average Bonchev–Trinajstić information content (AvgIpc) is 3.51. The lowest BCUT2D eigenvalue weighted by atomic mass is 9.94. The van der Waals surface area contributed by atoms with Gasteiger partial charge in [-0.25, -0.2) is 0 Å². The number of benzene rings is 2. The number of likely N-dealkylation sites (tertiary alicyclic amines) is 1. The molecule has 8 nitrogen and oxygen atoms in total. The van der Waals surface area contributed by atoms with Crippen molar-refractivity contribution >= 4 is 23.1 Å². The van der Waals surface area contributed by atoms with Crippen molar-refractivity contribution in [3.05, 3.63) is 59.2 Å². The first-order valence-electron chi connectivity index (χ1n) is 12.4. The number of carbonyl (C=O) groups excluding carboxylic acids is 2. The van der Waals surface area contributed by atoms with E-state index in [1.54, 1.807) is 18.2 Å². The van der Waals surface area contributed by atoms with Gasteiger partial charge in [-0.05, 0) is 62.6 Å². The van der Waals surface area contributed by atoms with Crippen LogP contribution in [0.25, 0.3) is 5.76 Å². The Morgan fingerprint density at radius 2 is 1.75 bits per heavy atom. The van der Waals surface area contributed by atoms with Gasteiger partial charge >= 0.3 is 0 Å². The Balaban J connectivity index is 1.81. The molecule has 4 rings (SSSR count). The number of aliphatic hydroxyl groups is 1. The molecule has 1 N–H and O–H groups in total. The van der Waals surface area contributed by atoms with Crippen LogP contribution in [0.3, 0.4) is 0 Å². The molecule has 0 aliphatic carbocycles. The number of carbonyl (C=O) groups is 2. The number of rotatable bonds is 9. The summed E-state index contributed by atoms with van der Waals surface area (Å²) >= 11 is 0. The second-order valence-electron chi connectivity index (χ2n) is 8.92. The van der Waals surface area contributed by atoms with Gasteiger partial charge in [0.05, 0.1) is 31.9 Å². The summed E-state index contributed by atoms with van der Waals surface area (Å²) in [7, 11) is 3.02. The van der Waals surface area contributed by atoms with Crippen LogP contribution in [-0.4, -0.2) is 68.3 Å². The number of amides is 1. The van der Waals surface area contributed by atoms with Crippen molar-refractivity contribution in [1.82, 2.24) is 4.90 Å². The molecular weight excluding hydrogens is 460 g/mol. The maximum Gasteiger partial charge on any atom is 0.295 e. The molecule has 192 valence electrons. The summed E-state index contributed by atoms with van der Waals surface area (Å²) in [4.78, 5) is 30.3. The molecule has 36 heavy (non-hydrogen) atoms. The highest BCUT2D eigenvalue weighted by Gasteiger charge is 2.47. The third kappa shape index (κ3) is 4.78. The monoisotopic (exact) mass is 494 g/mol. The highest BCUT2D eigenvalue weighted by Crippen LogP contribution is 2.41. The fraction of sp³-hybridized carbons (Fsp3) is 0.429. The lowest BCUT2D eigenvalue weighted by molar-refractivity contribution is -0.140. The molecule has 2 aliphatic rings. The topological polar surface area (TPSA) is 88.5 Å². The van der Waals surface area contributed by atoms with Crippen LogP contribution in [0.5, 0.6) is 11.5 Å². The third-order valence-corrected chi connectivity index (χ3v) is 6.96. The smallest absolute Gasteiger partial charge is 0.295 e. The Morgan fingerprint density at radius 1 is 1.06 bits per heavy atom. The van der Waals surface area contributed by atoms with Gasteiger partial charge in [0, 0.05) is 37.5 Å². The van der Waals surface area contributed by atoms with Crippen molar-refractivity contribution in [2.75, 3.05) is 45.4 Å². The van der Waals surface area contributed by atoms with Gasteiger partial charge in [-0.15, -0.1) is 0 Å². The van der Waals surface area contributed by atoms with Gasteiger partial charge in [-0.3, -0.25) is 9.59 Å². The van der Waals surface area contributed by atoms with Crippen molar-refractivity contribution in [2.45, 2.75) is 38.8 Å². The maximum absolute atomic E-state index is 13.3. The molecular formula is C28H34N2O6. The van der Waals surface area contributed by atoms with E-state index >= 15 is 0 Å².